The van der Waals surface area contributed by atoms with Gasteiger partial charge in [-0.2, -0.15) is 0 Å². The van der Waals surface area contributed by atoms with E-state index in [1.807, 2.05) is 0 Å². The van der Waals surface area contributed by atoms with Gasteiger partial charge in [-0.25, -0.2) is 14.2 Å². The van der Waals surface area contributed by atoms with Crippen LogP contribution < -0.4 is 5.56 Å². The minimum absolute atomic E-state index is 0.128. The van der Waals surface area contributed by atoms with Crippen LogP contribution in [-0.4, -0.2) is 46.2 Å². The lowest BCUT2D eigenvalue weighted by Crippen LogP contribution is -2.42. The lowest BCUT2D eigenvalue weighted by atomic mass is 10.1. The second-order valence-electron chi connectivity index (χ2n) is 6.28. The van der Waals surface area contributed by atoms with Crippen LogP contribution in [0.5, 0.6) is 0 Å². The number of amides is 1. The van der Waals surface area contributed by atoms with Crippen molar-refractivity contribution >= 4 is 11.7 Å². The molecule has 0 atom stereocenters. The Morgan fingerprint density at radius 1 is 1.32 bits per heavy atom. The van der Waals surface area contributed by atoms with Gasteiger partial charge in [0.15, 0.2) is 0 Å². The Balaban J connectivity index is 1.57. The van der Waals surface area contributed by atoms with E-state index in [4.69, 9.17) is 9.47 Å². The number of halogens is 1. The molecule has 0 N–H and O–H groups in total. The minimum Gasteiger partial charge on any atom is -0.446 e. The average molecular weight is 347 g/mol. The zero-order valence-electron chi connectivity index (χ0n) is 13.6. The second-order valence-corrected chi connectivity index (χ2v) is 6.28. The molecule has 2 aliphatic heterocycles. The highest BCUT2D eigenvalue weighted by atomic mass is 19.1. The topological polar surface area (TPSA) is 73.1 Å². The van der Waals surface area contributed by atoms with Crippen LogP contribution in [0.1, 0.15) is 24.1 Å². The number of carbonyl (C=O) groups excluding carboxylic acids is 1. The molecule has 2 aliphatic rings. The van der Waals surface area contributed by atoms with Gasteiger partial charge in [0, 0.05) is 32.0 Å². The van der Waals surface area contributed by atoms with Gasteiger partial charge in [0.25, 0.3) is 5.56 Å². The Labute approximate surface area is 143 Å². The monoisotopic (exact) mass is 347 g/mol. The highest BCUT2D eigenvalue weighted by Gasteiger charge is 2.28. The molecule has 2 aromatic heterocycles. The van der Waals surface area contributed by atoms with Crippen molar-refractivity contribution in [1.29, 1.82) is 0 Å². The molecule has 2 aromatic rings. The van der Waals surface area contributed by atoms with Gasteiger partial charge in [-0.1, -0.05) is 0 Å². The highest BCUT2D eigenvalue weighted by molar-refractivity contribution is 5.68. The molecule has 4 rings (SSSR count). The van der Waals surface area contributed by atoms with Gasteiger partial charge in [0.05, 0.1) is 31.0 Å². The predicted molar refractivity (Wildman–Crippen MR) is 85.9 cm³/mol. The molecule has 0 radical (unpaired) electrons. The molecule has 1 amide bonds. The minimum atomic E-state index is -0.511. The Kier molecular flexibility index (Phi) is 4.12. The van der Waals surface area contributed by atoms with E-state index >= 15 is 0 Å². The third-order valence-electron chi connectivity index (χ3n) is 4.63. The highest BCUT2D eigenvalue weighted by Crippen LogP contribution is 2.18. The molecule has 0 bridgehead atoms. The van der Waals surface area contributed by atoms with E-state index in [-0.39, 0.29) is 18.2 Å². The standard InChI is InChI=1S/C17H18FN3O4/c18-11-1-2-15-19-14-3-6-20(10-13(14)16(22)21(15)9-11)17(23)25-12-4-7-24-8-5-12/h1-2,9,12H,3-8,10H2. The third-order valence-corrected chi connectivity index (χ3v) is 4.63. The van der Waals surface area contributed by atoms with Crippen molar-refractivity contribution < 1.29 is 18.7 Å². The van der Waals surface area contributed by atoms with Gasteiger partial charge in [-0.3, -0.25) is 9.20 Å². The van der Waals surface area contributed by atoms with Crippen LogP contribution in [0.4, 0.5) is 9.18 Å². The maximum Gasteiger partial charge on any atom is 0.410 e. The zero-order valence-corrected chi connectivity index (χ0v) is 13.6. The maximum atomic E-state index is 13.4. The lowest BCUT2D eigenvalue weighted by molar-refractivity contribution is -0.0115. The molecular weight excluding hydrogens is 329 g/mol. The maximum absolute atomic E-state index is 13.4. The summed E-state index contributed by atoms with van der Waals surface area (Å²) in [6, 6.07) is 2.75. The van der Waals surface area contributed by atoms with Gasteiger partial charge < -0.3 is 14.4 Å². The van der Waals surface area contributed by atoms with E-state index in [0.717, 1.165) is 6.20 Å². The van der Waals surface area contributed by atoms with Gasteiger partial charge in [0.2, 0.25) is 0 Å². The molecule has 25 heavy (non-hydrogen) atoms. The first-order chi connectivity index (χ1) is 12.1. The summed E-state index contributed by atoms with van der Waals surface area (Å²) in [6.45, 7) is 1.74. The quantitative estimate of drug-likeness (QED) is 0.782. The van der Waals surface area contributed by atoms with E-state index in [9.17, 15) is 14.0 Å². The van der Waals surface area contributed by atoms with Crippen LogP contribution in [0, 0.1) is 5.82 Å². The van der Waals surface area contributed by atoms with Crippen LogP contribution in [0.15, 0.2) is 23.1 Å². The molecule has 1 saturated heterocycles. The Hall–Kier alpha value is -2.48. The van der Waals surface area contributed by atoms with Crippen molar-refractivity contribution in [1.82, 2.24) is 14.3 Å². The molecule has 0 spiro atoms. The number of ether oxygens (including phenoxy) is 2. The Morgan fingerprint density at radius 2 is 2.12 bits per heavy atom. The number of hydrogen-bond donors (Lipinski definition) is 0. The first-order valence-electron chi connectivity index (χ1n) is 8.35. The summed E-state index contributed by atoms with van der Waals surface area (Å²) in [5.41, 5.74) is 1.14. The van der Waals surface area contributed by atoms with E-state index < -0.39 is 11.9 Å². The summed E-state index contributed by atoms with van der Waals surface area (Å²) in [6.07, 6.45) is 2.38. The van der Waals surface area contributed by atoms with Crippen molar-refractivity contribution in [3.8, 4) is 0 Å². The first kappa shape index (κ1) is 16.0. The molecule has 8 heteroatoms. The second kappa shape index (κ2) is 6.44. The number of carbonyl (C=O) groups is 1. The van der Waals surface area contributed by atoms with Gasteiger partial charge in [-0.05, 0) is 12.1 Å². The number of aromatic nitrogens is 2. The molecule has 0 saturated carbocycles. The number of hydrogen-bond acceptors (Lipinski definition) is 5. The Morgan fingerprint density at radius 3 is 2.92 bits per heavy atom. The average Bonchev–Trinajstić information content (AvgIpc) is 2.63. The summed E-state index contributed by atoms with van der Waals surface area (Å²) in [4.78, 5) is 31.0. The van der Waals surface area contributed by atoms with E-state index in [1.165, 1.54) is 21.4 Å². The summed E-state index contributed by atoms with van der Waals surface area (Å²) in [5.74, 6) is -0.511. The fraction of sp³-hybridized carbons (Fsp3) is 0.471. The summed E-state index contributed by atoms with van der Waals surface area (Å²) >= 11 is 0. The van der Waals surface area contributed by atoms with Gasteiger partial charge in [0.1, 0.15) is 17.6 Å². The molecule has 7 nitrogen and oxygen atoms in total. The van der Waals surface area contributed by atoms with Crippen LogP contribution in [0.3, 0.4) is 0 Å². The van der Waals surface area contributed by atoms with E-state index in [1.54, 1.807) is 0 Å². The van der Waals surface area contributed by atoms with Gasteiger partial charge in [-0.15, -0.1) is 0 Å². The largest absolute Gasteiger partial charge is 0.446 e. The van der Waals surface area contributed by atoms with E-state index in [0.29, 0.717) is 55.9 Å². The number of rotatable bonds is 1. The summed E-state index contributed by atoms with van der Waals surface area (Å²) in [5, 5.41) is 0. The SMILES string of the molecule is O=C(OC1CCOCC1)N1CCc2nc3ccc(F)cn3c(=O)c2C1. The molecule has 0 aliphatic carbocycles. The van der Waals surface area contributed by atoms with Crippen molar-refractivity contribution in [3.05, 3.63) is 45.8 Å². The molecule has 4 heterocycles. The zero-order chi connectivity index (χ0) is 17.4. The fourth-order valence-electron chi connectivity index (χ4n) is 3.24. The Bertz CT molecular complexity index is 876. The smallest absolute Gasteiger partial charge is 0.410 e. The van der Waals surface area contributed by atoms with E-state index in [2.05, 4.69) is 4.98 Å². The van der Waals surface area contributed by atoms with Crippen molar-refractivity contribution in [3.63, 3.8) is 0 Å². The fourth-order valence-corrected chi connectivity index (χ4v) is 3.24. The van der Waals surface area contributed by atoms with Crippen molar-refractivity contribution in [2.45, 2.75) is 31.9 Å². The predicted octanol–water partition coefficient (Wildman–Crippen LogP) is 1.51. The summed E-state index contributed by atoms with van der Waals surface area (Å²) in [7, 11) is 0. The van der Waals surface area contributed by atoms with Crippen molar-refractivity contribution in [2.75, 3.05) is 19.8 Å². The number of fused-ring (bicyclic) bond motifs is 2. The van der Waals surface area contributed by atoms with Crippen molar-refractivity contribution in [2.24, 2.45) is 0 Å². The van der Waals surface area contributed by atoms with Crippen LogP contribution >= 0.6 is 0 Å². The van der Waals surface area contributed by atoms with Crippen LogP contribution in [-0.2, 0) is 22.4 Å². The number of pyridine rings is 1. The van der Waals surface area contributed by atoms with Crippen LogP contribution in [0.25, 0.3) is 5.65 Å². The van der Waals surface area contributed by atoms with Gasteiger partial charge >= 0.3 is 6.09 Å². The number of nitrogens with zero attached hydrogens (tertiary/aromatic N) is 3. The molecular formula is C17H18FN3O4. The first-order valence-corrected chi connectivity index (χ1v) is 8.35. The lowest BCUT2D eigenvalue weighted by Gasteiger charge is -2.30. The molecule has 1 fully saturated rings. The molecule has 0 unspecified atom stereocenters. The summed E-state index contributed by atoms with van der Waals surface area (Å²) < 4.78 is 25.4. The van der Waals surface area contributed by atoms with Crippen LogP contribution in [0.2, 0.25) is 0 Å². The normalized spacial score (nSPS) is 18.2. The molecule has 132 valence electrons. The third kappa shape index (κ3) is 3.09. The molecule has 0 aromatic carbocycles.